The maximum atomic E-state index is 12.0. The molecule has 0 saturated heterocycles. The minimum atomic E-state index is -0.388. The summed E-state index contributed by atoms with van der Waals surface area (Å²) in [5.74, 6) is 0.490. The van der Waals surface area contributed by atoms with Crippen LogP contribution in [0, 0.1) is 0 Å². The van der Waals surface area contributed by atoms with Crippen LogP contribution in [0.4, 0.5) is 16.2 Å². The summed E-state index contributed by atoms with van der Waals surface area (Å²) in [6, 6.07) is 13.4. The summed E-state index contributed by atoms with van der Waals surface area (Å²) in [5, 5.41) is 5.42. The molecule has 0 aromatic heterocycles. The van der Waals surface area contributed by atoms with E-state index in [1.54, 1.807) is 63.7 Å². The molecule has 2 aromatic rings. The molecule has 6 heteroatoms. The molecule has 2 N–H and O–H groups in total. The van der Waals surface area contributed by atoms with Gasteiger partial charge >= 0.3 is 6.03 Å². The third-order valence-corrected chi connectivity index (χ3v) is 3.15. The van der Waals surface area contributed by atoms with Crippen molar-refractivity contribution in [2.45, 2.75) is 0 Å². The second kappa shape index (κ2) is 7.31. The van der Waals surface area contributed by atoms with Gasteiger partial charge in [0.2, 0.25) is 0 Å². The molecule has 0 unspecified atom stereocenters. The number of amides is 3. The standard InChI is InChI=1S/C17H19N3O3/c1-20(2)16(21)12-8-10-13(11-9-12)18-17(22)19-14-6-4-5-7-15(14)23-3/h4-11H,1-3H3,(H2,18,19,22). The summed E-state index contributed by atoms with van der Waals surface area (Å²) in [6.45, 7) is 0. The molecule has 0 fully saturated rings. The van der Waals surface area contributed by atoms with Crippen molar-refractivity contribution in [2.75, 3.05) is 31.8 Å². The highest BCUT2D eigenvalue weighted by Crippen LogP contribution is 2.23. The minimum absolute atomic E-state index is 0.0879. The van der Waals surface area contributed by atoms with Gasteiger partial charge in [-0.3, -0.25) is 4.79 Å². The molecule has 0 spiro atoms. The fourth-order valence-electron chi connectivity index (χ4n) is 1.99. The van der Waals surface area contributed by atoms with Crippen molar-refractivity contribution in [3.8, 4) is 5.75 Å². The SMILES string of the molecule is COc1ccccc1NC(=O)Nc1ccc(C(=O)N(C)C)cc1. The Hall–Kier alpha value is -3.02. The molecule has 6 nitrogen and oxygen atoms in total. The van der Waals surface area contributed by atoms with Gasteiger partial charge in [0.1, 0.15) is 5.75 Å². The van der Waals surface area contributed by atoms with Gasteiger partial charge in [0.05, 0.1) is 12.8 Å². The third kappa shape index (κ3) is 4.23. The van der Waals surface area contributed by atoms with Crippen LogP contribution in [0.1, 0.15) is 10.4 Å². The largest absolute Gasteiger partial charge is 0.495 e. The number of anilines is 2. The fourth-order valence-corrected chi connectivity index (χ4v) is 1.99. The van der Waals surface area contributed by atoms with Gasteiger partial charge in [-0.25, -0.2) is 4.79 Å². The van der Waals surface area contributed by atoms with Crippen LogP contribution < -0.4 is 15.4 Å². The Balaban J connectivity index is 2.02. The fraction of sp³-hybridized carbons (Fsp3) is 0.176. The number of methoxy groups -OCH3 is 1. The van der Waals surface area contributed by atoms with E-state index >= 15 is 0 Å². The molecular formula is C17H19N3O3. The molecule has 0 aliphatic rings. The van der Waals surface area contributed by atoms with Crippen molar-refractivity contribution in [2.24, 2.45) is 0 Å². The van der Waals surface area contributed by atoms with E-state index in [9.17, 15) is 9.59 Å². The lowest BCUT2D eigenvalue weighted by Crippen LogP contribution is -2.22. The molecule has 0 heterocycles. The highest BCUT2D eigenvalue weighted by atomic mass is 16.5. The lowest BCUT2D eigenvalue weighted by Gasteiger charge is -2.12. The first-order valence-corrected chi connectivity index (χ1v) is 7.04. The zero-order chi connectivity index (χ0) is 16.8. The van der Waals surface area contributed by atoms with Gasteiger partial charge in [-0.1, -0.05) is 12.1 Å². The highest BCUT2D eigenvalue weighted by Gasteiger charge is 2.09. The number of carbonyl (C=O) groups excluding carboxylic acids is 2. The zero-order valence-corrected chi connectivity index (χ0v) is 13.3. The molecular weight excluding hydrogens is 294 g/mol. The molecule has 0 aliphatic heterocycles. The molecule has 0 aliphatic carbocycles. The summed E-state index contributed by atoms with van der Waals surface area (Å²) in [4.78, 5) is 25.3. The number of ether oxygens (including phenoxy) is 1. The van der Waals surface area contributed by atoms with Crippen molar-refractivity contribution in [3.63, 3.8) is 0 Å². The van der Waals surface area contributed by atoms with Crippen LogP contribution in [0.2, 0.25) is 0 Å². The summed E-state index contributed by atoms with van der Waals surface area (Å²) in [6.07, 6.45) is 0. The van der Waals surface area contributed by atoms with E-state index < -0.39 is 0 Å². The van der Waals surface area contributed by atoms with E-state index in [1.807, 2.05) is 6.07 Å². The van der Waals surface area contributed by atoms with Gasteiger partial charge in [0, 0.05) is 25.3 Å². The first kappa shape index (κ1) is 16.4. The average molecular weight is 313 g/mol. The number of nitrogens with zero attached hydrogens (tertiary/aromatic N) is 1. The summed E-state index contributed by atoms with van der Waals surface area (Å²) in [5.41, 5.74) is 1.73. The topological polar surface area (TPSA) is 70.7 Å². The van der Waals surface area contributed by atoms with Gasteiger partial charge in [0.25, 0.3) is 5.91 Å². The molecule has 2 aromatic carbocycles. The number of benzene rings is 2. The van der Waals surface area contributed by atoms with Crippen LogP contribution in [0.25, 0.3) is 0 Å². The molecule has 0 radical (unpaired) electrons. The second-order valence-corrected chi connectivity index (χ2v) is 5.06. The summed E-state index contributed by atoms with van der Waals surface area (Å²) in [7, 11) is 4.92. The van der Waals surface area contributed by atoms with Crippen LogP contribution in [0.5, 0.6) is 5.75 Å². The Morgan fingerprint density at radius 1 is 0.957 bits per heavy atom. The van der Waals surface area contributed by atoms with E-state index in [1.165, 1.54) is 4.90 Å². The van der Waals surface area contributed by atoms with Crippen molar-refractivity contribution < 1.29 is 14.3 Å². The van der Waals surface area contributed by atoms with Crippen LogP contribution in [-0.4, -0.2) is 38.0 Å². The molecule has 23 heavy (non-hydrogen) atoms. The quantitative estimate of drug-likeness (QED) is 0.911. The minimum Gasteiger partial charge on any atom is -0.495 e. The van der Waals surface area contributed by atoms with Gasteiger partial charge < -0.3 is 20.3 Å². The smallest absolute Gasteiger partial charge is 0.323 e. The van der Waals surface area contributed by atoms with Crippen LogP contribution in [0.15, 0.2) is 48.5 Å². The zero-order valence-electron chi connectivity index (χ0n) is 13.3. The second-order valence-electron chi connectivity index (χ2n) is 5.06. The van der Waals surface area contributed by atoms with Crippen LogP contribution in [-0.2, 0) is 0 Å². The van der Waals surface area contributed by atoms with E-state index in [2.05, 4.69) is 10.6 Å². The van der Waals surface area contributed by atoms with Crippen molar-refractivity contribution in [3.05, 3.63) is 54.1 Å². The average Bonchev–Trinajstić information content (AvgIpc) is 2.55. The number of hydrogen-bond donors (Lipinski definition) is 2. The predicted molar refractivity (Wildman–Crippen MR) is 90.1 cm³/mol. The number of nitrogens with one attached hydrogen (secondary N) is 2. The van der Waals surface area contributed by atoms with Gasteiger partial charge in [0.15, 0.2) is 0 Å². The number of urea groups is 1. The van der Waals surface area contributed by atoms with Crippen molar-refractivity contribution >= 4 is 23.3 Å². The third-order valence-electron chi connectivity index (χ3n) is 3.15. The number of carbonyl (C=O) groups is 2. The maximum absolute atomic E-state index is 12.0. The Morgan fingerprint density at radius 3 is 2.22 bits per heavy atom. The number of rotatable bonds is 4. The molecule has 2 rings (SSSR count). The first-order chi connectivity index (χ1) is 11.0. The Morgan fingerprint density at radius 2 is 1.61 bits per heavy atom. The summed E-state index contributed by atoms with van der Waals surface area (Å²) < 4.78 is 5.18. The number of hydrogen-bond acceptors (Lipinski definition) is 3. The molecule has 0 saturated carbocycles. The van der Waals surface area contributed by atoms with E-state index in [0.29, 0.717) is 22.7 Å². The van der Waals surface area contributed by atoms with Crippen LogP contribution >= 0.6 is 0 Å². The van der Waals surface area contributed by atoms with Crippen molar-refractivity contribution in [1.82, 2.24) is 4.90 Å². The molecule has 0 atom stereocenters. The molecule has 120 valence electrons. The summed E-state index contributed by atoms with van der Waals surface area (Å²) >= 11 is 0. The molecule has 3 amide bonds. The lowest BCUT2D eigenvalue weighted by atomic mass is 10.2. The van der Waals surface area contributed by atoms with Gasteiger partial charge in [-0.05, 0) is 36.4 Å². The highest BCUT2D eigenvalue weighted by molar-refractivity contribution is 6.01. The van der Waals surface area contributed by atoms with E-state index in [-0.39, 0.29) is 11.9 Å². The van der Waals surface area contributed by atoms with E-state index in [0.717, 1.165) is 0 Å². The monoisotopic (exact) mass is 313 g/mol. The predicted octanol–water partition coefficient (Wildman–Crippen LogP) is 3.04. The molecule has 0 bridgehead atoms. The Labute approximate surface area is 135 Å². The maximum Gasteiger partial charge on any atom is 0.323 e. The normalized spacial score (nSPS) is 9.87. The van der Waals surface area contributed by atoms with Gasteiger partial charge in [-0.15, -0.1) is 0 Å². The Kier molecular flexibility index (Phi) is 5.19. The van der Waals surface area contributed by atoms with Crippen molar-refractivity contribution in [1.29, 1.82) is 0 Å². The first-order valence-electron chi connectivity index (χ1n) is 7.04. The van der Waals surface area contributed by atoms with Crippen LogP contribution in [0.3, 0.4) is 0 Å². The number of para-hydroxylation sites is 2. The van der Waals surface area contributed by atoms with E-state index in [4.69, 9.17) is 4.74 Å². The lowest BCUT2D eigenvalue weighted by molar-refractivity contribution is 0.0827. The Bertz CT molecular complexity index is 696. The van der Waals surface area contributed by atoms with Gasteiger partial charge in [-0.2, -0.15) is 0 Å².